The summed E-state index contributed by atoms with van der Waals surface area (Å²) in [7, 11) is 0. The SMILES string of the molecule is CCC(C)CCCCCN. The molecule has 1 atom stereocenters. The van der Waals surface area contributed by atoms with Gasteiger partial charge in [-0.2, -0.15) is 0 Å². The molecule has 62 valence electrons. The molecular formula is C9H21N. The molecule has 0 bridgehead atoms. The molecule has 0 saturated carbocycles. The molecule has 0 radical (unpaired) electrons. The Morgan fingerprint density at radius 3 is 2.40 bits per heavy atom. The van der Waals surface area contributed by atoms with Crippen molar-refractivity contribution in [3.8, 4) is 0 Å². The summed E-state index contributed by atoms with van der Waals surface area (Å²) in [4.78, 5) is 0. The monoisotopic (exact) mass is 143 g/mol. The minimum Gasteiger partial charge on any atom is -0.330 e. The summed E-state index contributed by atoms with van der Waals surface area (Å²) in [6.07, 6.45) is 6.60. The Bertz CT molecular complexity index is 61.7. The smallest absolute Gasteiger partial charge is 0.00773 e. The summed E-state index contributed by atoms with van der Waals surface area (Å²) >= 11 is 0. The molecule has 0 spiro atoms. The third kappa shape index (κ3) is 6.09. The Balaban J connectivity index is 2.89. The maximum Gasteiger partial charge on any atom is -0.00773 e. The van der Waals surface area contributed by atoms with Gasteiger partial charge in [-0.15, -0.1) is 0 Å². The molecule has 0 aromatic heterocycles. The molecule has 0 fully saturated rings. The fraction of sp³-hybridized carbons (Fsp3) is 1.00. The zero-order valence-corrected chi connectivity index (χ0v) is 7.40. The maximum atomic E-state index is 5.38. The van der Waals surface area contributed by atoms with Crippen molar-refractivity contribution in [2.24, 2.45) is 11.7 Å². The van der Waals surface area contributed by atoms with Crippen LogP contribution in [0, 0.1) is 5.92 Å². The second-order valence-electron chi connectivity index (χ2n) is 3.15. The van der Waals surface area contributed by atoms with Gasteiger partial charge in [0.05, 0.1) is 0 Å². The number of rotatable bonds is 6. The lowest BCUT2D eigenvalue weighted by atomic mass is 10.0. The van der Waals surface area contributed by atoms with Crippen molar-refractivity contribution in [1.82, 2.24) is 0 Å². The molecule has 0 aromatic rings. The quantitative estimate of drug-likeness (QED) is 0.568. The molecular weight excluding hydrogens is 122 g/mol. The minimum absolute atomic E-state index is 0.862. The zero-order chi connectivity index (χ0) is 7.82. The standard InChI is InChI=1S/C9H21N/c1-3-9(2)7-5-4-6-8-10/h9H,3-8,10H2,1-2H3. The van der Waals surface area contributed by atoms with Gasteiger partial charge in [0.1, 0.15) is 0 Å². The van der Waals surface area contributed by atoms with Crippen LogP contribution in [0.2, 0.25) is 0 Å². The van der Waals surface area contributed by atoms with Crippen LogP contribution < -0.4 is 5.73 Å². The predicted molar refractivity (Wildman–Crippen MR) is 47.0 cm³/mol. The van der Waals surface area contributed by atoms with Crippen molar-refractivity contribution < 1.29 is 0 Å². The van der Waals surface area contributed by atoms with E-state index < -0.39 is 0 Å². The summed E-state index contributed by atoms with van der Waals surface area (Å²) in [6, 6.07) is 0. The molecule has 2 N–H and O–H groups in total. The van der Waals surface area contributed by atoms with Gasteiger partial charge in [0, 0.05) is 0 Å². The van der Waals surface area contributed by atoms with Crippen LogP contribution in [0.3, 0.4) is 0 Å². The van der Waals surface area contributed by atoms with Gasteiger partial charge < -0.3 is 5.73 Å². The third-order valence-corrected chi connectivity index (χ3v) is 2.10. The van der Waals surface area contributed by atoms with Crippen molar-refractivity contribution in [3.63, 3.8) is 0 Å². The van der Waals surface area contributed by atoms with Crippen LogP contribution in [-0.2, 0) is 0 Å². The van der Waals surface area contributed by atoms with Crippen molar-refractivity contribution >= 4 is 0 Å². The molecule has 0 aliphatic carbocycles. The molecule has 0 rings (SSSR count). The number of hydrogen-bond donors (Lipinski definition) is 1. The maximum absolute atomic E-state index is 5.38. The van der Waals surface area contributed by atoms with E-state index in [9.17, 15) is 0 Å². The second kappa shape index (κ2) is 7.07. The summed E-state index contributed by atoms with van der Waals surface area (Å²) in [5.74, 6) is 0.915. The summed E-state index contributed by atoms with van der Waals surface area (Å²) in [6.45, 7) is 5.44. The van der Waals surface area contributed by atoms with Crippen LogP contribution in [0.5, 0.6) is 0 Å². The molecule has 1 unspecified atom stereocenters. The van der Waals surface area contributed by atoms with Gasteiger partial charge >= 0.3 is 0 Å². The van der Waals surface area contributed by atoms with Gasteiger partial charge in [-0.25, -0.2) is 0 Å². The average molecular weight is 143 g/mol. The van der Waals surface area contributed by atoms with Gasteiger partial charge in [-0.05, 0) is 18.9 Å². The van der Waals surface area contributed by atoms with Gasteiger partial charge in [-0.1, -0.05) is 39.5 Å². The van der Waals surface area contributed by atoms with E-state index in [4.69, 9.17) is 5.73 Å². The van der Waals surface area contributed by atoms with Gasteiger partial charge in [-0.3, -0.25) is 0 Å². The van der Waals surface area contributed by atoms with Crippen LogP contribution in [-0.4, -0.2) is 6.54 Å². The van der Waals surface area contributed by atoms with Crippen molar-refractivity contribution in [1.29, 1.82) is 0 Å². The zero-order valence-electron chi connectivity index (χ0n) is 7.40. The highest BCUT2D eigenvalue weighted by atomic mass is 14.5. The van der Waals surface area contributed by atoms with Crippen molar-refractivity contribution in [2.45, 2.75) is 46.0 Å². The first kappa shape index (κ1) is 9.96. The van der Waals surface area contributed by atoms with E-state index >= 15 is 0 Å². The average Bonchev–Trinajstić information content (AvgIpc) is 1.98. The lowest BCUT2D eigenvalue weighted by molar-refractivity contribution is 0.480. The van der Waals surface area contributed by atoms with E-state index in [-0.39, 0.29) is 0 Å². The summed E-state index contributed by atoms with van der Waals surface area (Å²) < 4.78 is 0. The van der Waals surface area contributed by atoms with E-state index in [1.807, 2.05) is 0 Å². The Labute approximate surface area is 65.0 Å². The minimum atomic E-state index is 0.862. The third-order valence-electron chi connectivity index (χ3n) is 2.10. The second-order valence-corrected chi connectivity index (χ2v) is 3.15. The Morgan fingerprint density at radius 2 is 1.90 bits per heavy atom. The molecule has 0 saturated heterocycles. The van der Waals surface area contributed by atoms with E-state index in [2.05, 4.69) is 13.8 Å². The highest BCUT2D eigenvalue weighted by molar-refractivity contribution is 4.50. The fourth-order valence-electron chi connectivity index (χ4n) is 1.02. The van der Waals surface area contributed by atoms with Crippen molar-refractivity contribution in [2.75, 3.05) is 6.54 Å². The first-order valence-corrected chi connectivity index (χ1v) is 4.51. The van der Waals surface area contributed by atoms with E-state index in [1.165, 1.54) is 32.1 Å². The largest absolute Gasteiger partial charge is 0.330 e. The molecule has 1 heteroatoms. The van der Waals surface area contributed by atoms with Crippen LogP contribution in [0.25, 0.3) is 0 Å². The number of unbranched alkanes of at least 4 members (excludes halogenated alkanes) is 2. The number of hydrogen-bond acceptors (Lipinski definition) is 1. The Morgan fingerprint density at radius 1 is 1.20 bits per heavy atom. The van der Waals surface area contributed by atoms with E-state index in [0.29, 0.717) is 0 Å². The molecule has 0 aromatic carbocycles. The highest BCUT2D eigenvalue weighted by Crippen LogP contribution is 2.11. The molecule has 1 nitrogen and oxygen atoms in total. The van der Waals surface area contributed by atoms with Crippen molar-refractivity contribution in [3.05, 3.63) is 0 Å². The lowest BCUT2D eigenvalue weighted by Crippen LogP contribution is -1.98. The molecule has 10 heavy (non-hydrogen) atoms. The van der Waals surface area contributed by atoms with E-state index in [0.717, 1.165) is 12.5 Å². The summed E-state index contributed by atoms with van der Waals surface area (Å²) in [5.41, 5.74) is 5.38. The van der Waals surface area contributed by atoms with Gasteiger partial charge in [0.2, 0.25) is 0 Å². The molecule has 0 heterocycles. The van der Waals surface area contributed by atoms with Crippen LogP contribution in [0.4, 0.5) is 0 Å². The van der Waals surface area contributed by atoms with Crippen LogP contribution in [0.15, 0.2) is 0 Å². The first-order valence-electron chi connectivity index (χ1n) is 4.51. The topological polar surface area (TPSA) is 26.0 Å². The van der Waals surface area contributed by atoms with Gasteiger partial charge in [0.25, 0.3) is 0 Å². The fourth-order valence-corrected chi connectivity index (χ4v) is 1.02. The molecule has 0 aliphatic rings. The lowest BCUT2D eigenvalue weighted by Gasteiger charge is -2.06. The van der Waals surface area contributed by atoms with Crippen LogP contribution >= 0.6 is 0 Å². The Hall–Kier alpha value is -0.0400. The molecule has 0 aliphatic heterocycles. The Kier molecular flexibility index (Phi) is 7.04. The van der Waals surface area contributed by atoms with Crippen LogP contribution in [0.1, 0.15) is 46.0 Å². The predicted octanol–water partition coefficient (Wildman–Crippen LogP) is 2.55. The first-order chi connectivity index (χ1) is 4.81. The molecule has 0 amide bonds. The summed E-state index contributed by atoms with van der Waals surface area (Å²) in [5, 5.41) is 0. The van der Waals surface area contributed by atoms with Gasteiger partial charge in [0.15, 0.2) is 0 Å². The van der Waals surface area contributed by atoms with E-state index in [1.54, 1.807) is 0 Å². The normalized spacial score (nSPS) is 13.5. The number of nitrogens with two attached hydrogens (primary N) is 1. The highest BCUT2D eigenvalue weighted by Gasteiger charge is 1.96.